The molecule has 0 aliphatic carbocycles. The SMILES string of the molecule is [2H]C([2H])([2H])n1cc(-c2cnc(-c3ccc(N[C@H]4CC(C)(C)NC(C)(C)[C@H]4F)nn3)c(OC=O)c2)cn1. The van der Waals surface area contributed by atoms with Crippen LogP contribution >= 0.6 is 0 Å². The number of nitrogens with zero attached hydrogens (tertiary/aromatic N) is 5. The molecule has 4 heterocycles. The van der Waals surface area contributed by atoms with Crippen molar-refractivity contribution in [2.45, 2.75) is 57.4 Å². The van der Waals surface area contributed by atoms with Crippen LogP contribution in [0.15, 0.2) is 36.8 Å². The number of aryl methyl sites for hydroxylation is 1. The first-order valence-electron chi connectivity index (χ1n) is 12.0. The number of pyridine rings is 1. The van der Waals surface area contributed by atoms with Gasteiger partial charge < -0.3 is 15.4 Å². The molecular formula is C23H28FN7O2. The van der Waals surface area contributed by atoms with Crippen LogP contribution in [0.4, 0.5) is 10.2 Å². The van der Waals surface area contributed by atoms with Crippen LogP contribution in [0, 0.1) is 0 Å². The molecule has 3 aromatic heterocycles. The Balaban J connectivity index is 1.57. The average molecular weight is 457 g/mol. The monoisotopic (exact) mass is 456 g/mol. The summed E-state index contributed by atoms with van der Waals surface area (Å²) in [4.78, 5) is 15.5. The largest absolute Gasteiger partial charge is 0.426 e. The van der Waals surface area contributed by atoms with Crippen LogP contribution in [0.3, 0.4) is 0 Å². The molecule has 0 radical (unpaired) electrons. The van der Waals surface area contributed by atoms with E-state index in [0.717, 1.165) is 4.68 Å². The summed E-state index contributed by atoms with van der Waals surface area (Å²) in [7, 11) is 0. The second-order valence-electron chi connectivity index (χ2n) is 9.35. The molecule has 1 aliphatic rings. The number of halogens is 1. The highest BCUT2D eigenvalue weighted by Crippen LogP contribution is 2.34. The summed E-state index contributed by atoms with van der Waals surface area (Å²) in [6.07, 6.45) is 3.64. The van der Waals surface area contributed by atoms with Gasteiger partial charge in [-0.1, -0.05) is 0 Å². The molecule has 0 amide bonds. The first-order valence-corrected chi connectivity index (χ1v) is 10.5. The lowest BCUT2D eigenvalue weighted by Gasteiger charge is -2.48. The van der Waals surface area contributed by atoms with Gasteiger partial charge in [-0.25, -0.2) is 9.37 Å². The highest BCUT2D eigenvalue weighted by atomic mass is 19.1. The number of carbonyl (C=O) groups excluding carboxylic acids is 1. The fraction of sp³-hybridized carbons (Fsp3) is 0.435. The minimum atomic E-state index is -2.42. The molecule has 0 unspecified atom stereocenters. The molecule has 3 aromatic rings. The minimum absolute atomic E-state index is 0.116. The Morgan fingerprint density at radius 3 is 2.76 bits per heavy atom. The summed E-state index contributed by atoms with van der Waals surface area (Å²) in [5.41, 5.74) is 0.622. The van der Waals surface area contributed by atoms with E-state index in [9.17, 15) is 4.79 Å². The Hall–Kier alpha value is -3.40. The quantitative estimate of drug-likeness (QED) is 0.545. The first kappa shape index (κ1) is 19.1. The molecule has 0 saturated carbocycles. The topological polar surface area (TPSA) is 107 Å². The van der Waals surface area contributed by atoms with Crippen LogP contribution in [0.2, 0.25) is 0 Å². The standard InChI is InChI=1S/C23H28FN7O2/c1-22(2)9-17(21(24)23(3,4)30-22)27-19-7-6-16(28-29-19)20-18(33-13-32)8-14(10-25-20)15-11-26-31(5)12-15/h6-8,10-13,17,21,30H,9H2,1-5H3,(H,27,29)/t17-,21-/m0/s1/i5D3. The Bertz CT molecular complexity index is 1250. The summed E-state index contributed by atoms with van der Waals surface area (Å²) in [5.74, 6) is 0.524. The van der Waals surface area contributed by atoms with E-state index in [1.54, 1.807) is 18.2 Å². The maximum atomic E-state index is 15.1. The fourth-order valence-corrected chi connectivity index (χ4v) is 4.41. The Kier molecular flexibility index (Phi) is 4.93. The van der Waals surface area contributed by atoms with Gasteiger partial charge in [-0.2, -0.15) is 5.10 Å². The van der Waals surface area contributed by atoms with Crippen molar-refractivity contribution in [1.29, 1.82) is 0 Å². The molecule has 4 rings (SSSR count). The van der Waals surface area contributed by atoms with Crippen molar-refractivity contribution in [3.05, 3.63) is 36.8 Å². The van der Waals surface area contributed by atoms with E-state index in [1.165, 1.54) is 18.6 Å². The lowest BCUT2D eigenvalue weighted by molar-refractivity contribution is -0.120. The van der Waals surface area contributed by atoms with Gasteiger partial charge in [0.05, 0.1) is 12.2 Å². The maximum Gasteiger partial charge on any atom is 0.298 e. The number of rotatable bonds is 6. The zero-order valence-electron chi connectivity index (χ0n) is 21.8. The number of anilines is 1. The zero-order chi connectivity index (χ0) is 26.3. The number of aromatic nitrogens is 5. The molecule has 0 bridgehead atoms. The molecule has 1 aliphatic heterocycles. The number of hydrogen-bond donors (Lipinski definition) is 2. The molecule has 0 spiro atoms. The summed E-state index contributed by atoms with van der Waals surface area (Å²) in [5, 5.41) is 18.7. The van der Waals surface area contributed by atoms with E-state index >= 15 is 4.39 Å². The van der Waals surface area contributed by atoms with Gasteiger partial charge in [-0.05, 0) is 52.3 Å². The van der Waals surface area contributed by atoms with E-state index in [4.69, 9.17) is 8.85 Å². The molecule has 0 aromatic carbocycles. The van der Waals surface area contributed by atoms with E-state index < -0.39 is 24.7 Å². The van der Waals surface area contributed by atoms with E-state index in [2.05, 4.69) is 30.9 Å². The summed E-state index contributed by atoms with van der Waals surface area (Å²) < 4.78 is 43.5. The maximum absolute atomic E-state index is 15.1. The van der Waals surface area contributed by atoms with Crippen molar-refractivity contribution in [3.63, 3.8) is 0 Å². The molecule has 2 N–H and O–H groups in total. The predicted molar refractivity (Wildman–Crippen MR) is 122 cm³/mol. The van der Waals surface area contributed by atoms with Crippen molar-refractivity contribution in [1.82, 2.24) is 30.3 Å². The average Bonchev–Trinajstić information content (AvgIpc) is 3.28. The van der Waals surface area contributed by atoms with Crippen molar-refractivity contribution in [2.24, 2.45) is 6.98 Å². The highest BCUT2D eigenvalue weighted by molar-refractivity contribution is 5.72. The van der Waals surface area contributed by atoms with Gasteiger partial charge >= 0.3 is 0 Å². The lowest BCUT2D eigenvalue weighted by atomic mass is 9.78. The number of nitrogens with one attached hydrogen (secondary N) is 2. The van der Waals surface area contributed by atoms with Gasteiger partial charge in [0.15, 0.2) is 5.75 Å². The third-order valence-corrected chi connectivity index (χ3v) is 5.62. The first-order chi connectivity index (χ1) is 16.8. The van der Waals surface area contributed by atoms with E-state index in [-0.39, 0.29) is 23.5 Å². The van der Waals surface area contributed by atoms with Gasteiger partial charge in [-0.15, -0.1) is 10.2 Å². The molecule has 2 atom stereocenters. The smallest absolute Gasteiger partial charge is 0.298 e. The van der Waals surface area contributed by atoms with Crippen molar-refractivity contribution < 1.29 is 18.0 Å². The van der Waals surface area contributed by atoms with Crippen LogP contribution in [0.5, 0.6) is 5.75 Å². The Labute approximate surface area is 196 Å². The number of piperidine rings is 1. The van der Waals surface area contributed by atoms with Gasteiger partial charge in [0.2, 0.25) is 0 Å². The fourth-order valence-electron chi connectivity index (χ4n) is 4.41. The summed E-state index contributed by atoms with van der Waals surface area (Å²) in [6, 6.07) is 4.39. The Morgan fingerprint density at radius 2 is 2.09 bits per heavy atom. The molecule has 1 saturated heterocycles. The highest BCUT2D eigenvalue weighted by Gasteiger charge is 2.46. The third-order valence-electron chi connectivity index (χ3n) is 5.62. The van der Waals surface area contributed by atoms with E-state index in [0.29, 0.717) is 29.1 Å². The van der Waals surface area contributed by atoms with Gasteiger partial charge in [0.1, 0.15) is 23.4 Å². The lowest BCUT2D eigenvalue weighted by Crippen LogP contribution is -2.67. The summed E-state index contributed by atoms with van der Waals surface area (Å²) in [6.45, 7) is 5.58. The van der Waals surface area contributed by atoms with Crippen LogP contribution in [0.25, 0.3) is 22.5 Å². The summed E-state index contributed by atoms with van der Waals surface area (Å²) >= 11 is 0. The van der Waals surface area contributed by atoms with Crippen LogP contribution in [-0.4, -0.2) is 54.7 Å². The number of ether oxygens (including phenoxy) is 1. The van der Waals surface area contributed by atoms with Crippen molar-refractivity contribution in [2.75, 3.05) is 5.32 Å². The third kappa shape index (κ3) is 4.85. The predicted octanol–water partition coefficient (Wildman–Crippen LogP) is 3.14. The number of hydrogen-bond acceptors (Lipinski definition) is 8. The van der Waals surface area contributed by atoms with Crippen LogP contribution in [-0.2, 0) is 11.8 Å². The van der Waals surface area contributed by atoms with Gasteiger partial charge in [0, 0.05) is 45.7 Å². The van der Waals surface area contributed by atoms with Crippen molar-refractivity contribution >= 4 is 12.3 Å². The second-order valence-corrected chi connectivity index (χ2v) is 9.35. The minimum Gasteiger partial charge on any atom is -0.426 e. The molecule has 10 heteroatoms. The Morgan fingerprint density at radius 1 is 1.27 bits per heavy atom. The van der Waals surface area contributed by atoms with Gasteiger partial charge in [-0.3, -0.25) is 9.48 Å². The number of carbonyl (C=O) groups is 1. The zero-order valence-corrected chi connectivity index (χ0v) is 18.8. The van der Waals surface area contributed by atoms with Gasteiger partial charge in [0.25, 0.3) is 6.47 Å². The van der Waals surface area contributed by atoms with Crippen molar-refractivity contribution in [3.8, 4) is 28.3 Å². The number of alkyl halides is 1. The molecule has 9 nitrogen and oxygen atoms in total. The molecule has 1 fully saturated rings. The molecular weight excluding hydrogens is 425 g/mol. The molecule has 33 heavy (non-hydrogen) atoms. The van der Waals surface area contributed by atoms with Crippen LogP contribution < -0.4 is 15.4 Å². The normalized spacial score (nSPS) is 23.1. The van der Waals surface area contributed by atoms with Crippen LogP contribution in [0.1, 0.15) is 38.2 Å². The molecule has 174 valence electrons. The van der Waals surface area contributed by atoms with E-state index in [1.807, 2.05) is 27.7 Å². The second kappa shape index (κ2) is 8.51.